The van der Waals surface area contributed by atoms with Gasteiger partial charge < -0.3 is 4.74 Å². The molecule has 0 amide bonds. The standard InChI is InChI=1S/C4H8N2O/c1-3-5-6-4(2)7-3/h4-6H,1H2,2H3. The zero-order valence-electron chi connectivity index (χ0n) is 4.19. The van der Waals surface area contributed by atoms with E-state index < -0.39 is 0 Å². The van der Waals surface area contributed by atoms with E-state index in [1.807, 2.05) is 6.92 Å². The van der Waals surface area contributed by atoms with Gasteiger partial charge in [-0.25, -0.2) is 0 Å². The van der Waals surface area contributed by atoms with Gasteiger partial charge >= 0.3 is 0 Å². The van der Waals surface area contributed by atoms with Gasteiger partial charge in [-0.1, -0.05) is 0 Å². The third-order valence-electron chi connectivity index (χ3n) is 0.734. The van der Waals surface area contributed by atoms with Gasteiger partial charge in [-0.3, -0.25) is 5.43 Å². The predicted octanol–water partition coefficient (Wildman–Crippen LogP) is -0.0720. The summed E-state index contributed by atoms with van der Waals surface area (Å²) in [5, 5.41) is 0. The van der Waals surface area contributed by atoms with E-state index in [1.54, 1.807) is 0 Å². The lowest BCUT2D eigenvalue weighted by Crippen LogP contribution is -2.26. The predicted molar refractivity (Wildman–Crippen MR) is 26.0 cm³/mol. The maximum absolute atomic E-state index is 4.94. The van der Waals surface area contributed by atoms with Crippen molar-refractivity contribution in [3.63, 3.8) is 0 Å². The number of hydrogen-bond acceptors (Lipinski definition) is 3. The van der Waals surface area contributed by atoms with Crippen LogP contribution in [0.25, 0.3) is 0 Å². The normalized spacial score (nSPS) is 29.3. The van der Waals surface area contributed by atoms with E-state index in [0.29, 0.717) is 5.88 Å². The van der Waals surface area contributed by atoms with Gasteiger partial charge in [0.2, 0.25) is 0 Å². The highest BCUT2D eigenvalue weighted by molar-refractivity contribution is 4.81. The molecule has 0 aromatic carbocycles. The first-order valence-corrected chi connectivity index (χ1v) is 2.16. The fourth-order valence-electron chi connectivity index (χ4n) is 0.454. The van der Waals surface area contributed by atoms with Gasteiger partial charge in [-0.2, -0.15) is 5.43 Å². The van der Waals surface area contributed by atoms with E-state index in [0.717, 1.165) is 0 Å². The molecular formula is C4H8N2O. The minimum Gasteiger partial charge on any atom is -0.459 e. The molecule has 1 rings (SSSR count). The molecule has 3 heteroatoms. The third-order valence-corrected chi connectivity index (χ3v) is 0.734. The minimum absolute atomic E-state index is 0.0625. The van der Waals surface area contributed by atoms with Crippen molar-refractivity contribution in [1.82, 2.24) is 10.9 Å². The van der Waals surface area contributed by atoms with Crippen molar-refractivity contribution in [3.05, 3.63) is 12.5 Å². The molecule has 7 heavy (non-hydrogen) atoms. The topological polar surface area (TPSA) is 33.3 Å². The molecule has 1 atom stereocenters. The van der Waals surface area contributed by atoms with E-state index in [1.165, 1.54) is 0 Å². The smallest absolute Gasteiger partial charge is 0.195 e. The van der Waals surface area contributed by atoms with Gasteiger partial charge in [-0.05, 0) is 13.5 Å². The summed E-state index contributed by atoms with van der Waals surface area (Å²) in [6, 6.07) is 0. The first-order valence-electron chi connectivity index (χ1n) is 2.16. The Kier molecular flexibility index (Phi) is 0.906. The second-order valence-corrected chi connectivity index (χ2v) is 1.45. The summed E-state index contributed by atoms with van der Waals surface area (Å²) < 4.78 is 4.94. The van der Waals surface area contributed by atoms with Crippen LogP contribution in [0.4, 0.5) is 0 Å². The van der Waals surface area contributed by atoms with Crippen LogP contribution in [0.2, 0.25) is 0 Å². The fourth-order valence-corrected chi connectivity index (χ4v) is 0.454. The number of rotatable bonds is 0. The third kappa shape index (κ3) is 0.838. The number of hydrogen-bond donors (Lipinski definition) is 2. The van der Waals surface area contributed by atoms with Gasteiger partial charge in [0.1, 0.15) is 0 Å². The van der Waals surface area contributed by atoms with Gasteiger partial charge in [0.15, 0.2) is 12.1 Å². The van der Waals surface area contributed by atoms with Gasteiger partial charge in [0.05, 0.1) is 0 Å². The summed E-state index contributed by atoms with van der Waals surface area (Å²) in [5.41, 5.74) is 5.50. The SMILES string of the molecule is C=C1NNC(C)O1. The van der Waals surface area contributed by atoms with Crippen LogP contribution in [-0.2, 0) is 4.74 Å². The Morgan fingerprint density at radius 3 is 2.71 bits per heavy atom. The first kappa shape index (κ1) is 4.46. The van der Waals surface area contributed by atoms with Gasteiger partial charge in [0, 0.05) is 0 Å². The number of nitrogens with one attached hydrogen (secondary N) is 2. The van der Waals surface area contributed by atoms with Crippen LogP contribution in [0.5, 0.6) is 0 Å². The van der Waals surface area contributed by atoms with Crippen molar-refractivity contribution in [2.45, 2.75) is 13.2 Å². The lowest BCUT2D eigenvalue weighted by atomic mass is 10.7. The van der Waals surface area contributed by atoms with E-state index in [-0.39, 0.29) is 6.23 Å². The molecule has 0 aromatic heterocycles. The molecule has 1 aliphatic heterocycles. The van der Waals surface area contributed by atoms with Crippen LogP contribution in [0.3, 0.4) is 0 Å². The Bertz CT molecular complexity index is 91.7. The molecule has 0 radical (unpaired) electrons. The summed E-state index contributed by atoms with van der Waals surface area (Å²) >= 11 is 0. The molecule has 0 bridgehead atoms. The highest BCUT2D eigenvalue weighted by Gasteiger charge is 2.09. The van der Waals surface area contributed by atoms with Crippen LogP contribution in [0, 0.1) is 0 Å². The van der Waals surface area contributed by atoms with Crippen LogP contribution in [0.1, 0.15) is 6.92 Å². The second-order valence-electron chi connectivity index (χ2n) is 1.45. The average molecular weight is 100 g/mol. The van der Waals surface area contributed by atoms with Crippen molar-refractivity contribution in [1.29, 1.82) is 0 Å². The first-order chi connectivity index (χ1) is 3.29. The van der Waals surface area contributed by atoms with Gasteiger partial charge in [0.25, 0.3) is 0 Å². The zero-order valence-corrected chi connectivity index (χ0v) is 4.19. The molecule has 0 aromatic rings. The molecule has 0 saturated carbocycles. The highest BCUT2D eigenvalue weighted by Crippen LogP contribution is 1.97. The molecule has 0 spiro atoms. The molecule has 40 valence electrons. The Morgan fingerprint density at radius 1 is 1.86 bits per heavy atom. The van der Waals surface area contributed by atoms with E-state index in [4.69, 9.17) is 4.74 Å². The summed E-state index contributed by atoms with van der Waals surface area (Å²) in [6.07, 6.45) is 0.0625. The lowest BCUT2D eigenvalue weighted by molar-refractivity contribution is 0.164. The van der Waals surface area contributed by atoms with Crippen LogP contribution >= 0.6 is 0 Å². The molecule has 1 saturated heterocycles. The Balaban J connectivity index is 2.40. The summed E-state index contributed by atoms with van der Waals surface area (Å²) in [6.45, 7) is 5.40. The van der Waals surface area contributed by atoms with Crippen LogP contribution in [-0.4, -0.2) is 6.23 Å². The maximum atomic E-state index is 4.94. The van der Waals surface area contributed by atoms with Crippen molar-refractivity contribution >= 4 is 0 Å². The van der Waals surface area contributed by atoms with E-state index >= 15 is 0 Å². The second kappa shape index (κ2) is 1.42. The van der Waals surface area contributed by atoms with Crippen molar-refractivity contribution in [3.8, 4) is 0 Å². The van der Waals surface area contributed by atoms with Gasteiger partial charge in [-0.15, -0.1) is 0 Å². The summed E-state index contributed by atoms with van der Waals surface area (Å²) in [7, 11) is 0. The molecule has 3 nitrogen and oxygen atoms in total. The molecular weight excluding hydrogens is 92.1 g/mol. The van der Waals surface area contributed by atoms with Crippen molar-refractivity contribution in [2.24, 2.45) is 0 Å². The molecule has 1 heterocycles. The van der Waals surface area contributed by atoms with Crippen molar-refractivity contribution in [2.75, 3.05) is 0 Å². The summed E-state index contributed by atoms with van der Waals surface area (Å²) in [4.78, 5) is 0. The average Bonchev–Trinajstić information content (AvgIpc) is 1.87. The van der Waals surface area contributed by atoms with Crippen LogP contribution < -0.4 is 10.9 Å². The summed E-state index contributed by atoms with van der Waals surface area (Å²) in [5.74, 6) is 0.590. The quantitative estimate of drug-likeness (QED) is 0.447. The Morgan fingerprint density at radius 2 is 2.57 bits per heavy atom. The Labute approximate surface area is 42.3 Å². The molecule has 2 N–H and O–H groups in total. The number of ether oxygens (including phenoxy) is 1. The molecule has 0 aliphatic carbocycles. The molecule has 1 unspecified atom stereocenters. The lowest BCUT2D eigenvalue weighted by Gasteiger charge is -1.95. The van der Waals surface area contributed by atoms with E-state index in [2.05, 4.69) is 17.4 Å². The molecule has 1 fully saturated rings. The number of hydrazine groups is 1. The zero-order chi connectivity index (χ0) is 5.28. The minimum atomic E-state index is 0.0625. The monoisotopic (exact) mass is 100 g/mol. The van der Waals surface area contributed by atoms with E-state index in [9.17, 15) is 0 Å². The largest absolute Gasteiger partial charge is 0.459 e. The highest BCUT2D eigenvalue weighted by atomic mass is 16.5. The molecule has 1 aliphatic rings. The Hall–Kier alpha value is -0.700. The fraction of sp³-hybridized carbons (Fsp3) is 0.500. The van der Waals surface area contributed by atoms with Crippen molar-refractivity contribution < 1.29 is 4.74 Å². The van der Waals surface area contributed by atoms with Crippen LogP contribution in [0.15, 0.2) is 12.5 Å². The maximum Gasteiger partial charge on any atom is 0.195 e.